The minimum atomic E-state index is -0.481. The van der Waals surface area contributed by atoms with Crippen LogP contribution in [0.2, 0.25) is 0 Å². The van der Waals surface area contributed by atoms with E-state index in [2.05, 4.69) is 4.74 Å². The maximum absolute atomic E-state index is 11.6. The second-order valence-electron chi connectivity index (χ2n) is 4.99. The van der Waals surface area contributed by atoms with E-state index in [1.807, 2.05) is 11.8 Å². The molecule has 108 valence electrons. The van der Waals surface area contributed by atoms with Gasteiger partial charge in [0.25, 0.3) is 5.69 Å². The van der Waals surface area contributed by atoms with Crippen LogP contribution in [0.4, 0.5) is 11.4 Å². The molecule has 6 nitrogen and oxygen atoms in total. The molecule has 1 aromatic rings. The molecule has 1 aliphatic rings. The fourth-order valence-electron chi connectivity index (χ4n) is 2.61. The number of anilines is 1. The number of nitro groups is 1. The van der Waals surface area contributed by atoms with Crippen LogP contribution in [0.25, 0.3) is 0 Å². The lowest BCUT2D eigenvalue weighted by molar-refractivity contribution is -0.384. The Balaban J connectivity index is 2.46. The molecule has 0 amide bonds. The van der Waals surface area contributed by atoms with Crippen LogP contribution in [-0.2, 0) is 4.74 Å². The Hall–Kier alpha value is -2.11. The molecule has 0 N–H and O–H groups in total. The number of nitro benzene ring substituents is 1. The Bertz CT molecular complexity index is 530. The first-order valence-electron chi connectivity index (χ1n) is 6.68. The second-order valence-corrected chi connectivity index (χ2v) is 4.99. The maximum Gasteiger partial charge on any atom is 0.337 e. The van der Waals surface area contributed by atoms with Gasteiger partial charge in [-0.1, -0.05) is 0 Å². The molecule has 1 fully saturated rings. The number of carbonyl (C=O) groups excluding carboxylic acids is 1. The number of hydrogen-bond acceptors (Lipinski definition) is 5. The first-order valence-corrected chi connectivity index (χ1v) is 6.68. The van der Waals surface area contributed by atoms with E-state index in [0.717, 1.165) is 25.8 Å². The number of piperidine rings is 1. The lowest BCUT2D eigenvalue weighted by Crippen LogP contribution is -2.37. The molecule has 1 atom stereocenters. The molecule has 0 radical (unpaired) electrons. The van der Waals surface area contributed by atoms with Gasteiger partial charge in [0.2, 0.25) is 0 Å². The summed E-state index contributed by atoms with van der Waals surface area (Å²) in [6.45, 7) is 2.82. The van der Waals surface area contributed by atoms with Gasteiger partial charge < -0.3 is 9.64 Å². The number of esters is 1. The van der Waals surface area contributed by atoms with Crippen molar-refractivity contribution in [3.63, 3.8) is 0 Å². The quantitative estimate of drug-likeness (QED) is 0.483. The van der Waals surface area contributed by atoms with Crippen molar-refractivity contribution in [3.05, 3.63) is 33.9 Å². The van der Waals surface area contributed by atoms with Gasteiger partial charge in [0.1, 0.15) is 5.69 Å². The van der Waals surface area contributed by atoms with E-state index in [1.54, 1.807) is 6.07 Å². The van der Waals surface area contributed by atoms with E-state index in [4.69, 9.17) is 0 Å². The van der Waals surface area contributed by atoms with Crippen molar-refractivity contribution in [3.8, 4) is 0 Å². The number of nitrogens with zero attached hydrogens (tertiary/aromatic N) is 2. The standard InChI is InChI=1S/C14H18N2O4/c1-10-5-3-4-8-15(10)13-9-11(14(17)20-2)6-7-12(13)16(18)19/h6-7,9-10H,3-5,8H2,1-2H3. The van der Waals surface area contributed by atoms with E-state index in [0.29, 0.717) is 11.3 Å². The van der Waals surface area contributed by atoms with Gasteiger partial charge in [0.15, 0.2) is 0 Å². The van der Waals surface area contributed by atoms with Crippen molar-refractivity contribution in [2.24, 2.45) is 0 Å². The van der Waals surface area contributed by atoms with Crippen molar-refractivity contribution in [1.82, 2.24) is 0 Å². The molecular weight excluding hydrogens is 260 g/mol. The fraction of sp³-hybridized carbons (Fsp3) is 0.500. The average molecular weight is 278 g/mol. The van der Waals surface area contributed by atoms with E-state index >= 15 is 0 Å². The normalized spacial score (nSPS) is 18.7. The Morgan fingerprint density at radius 3 is 2.80 bits per heavy atom. The highest BCUT2D eigenvalue weighted by atomic mass is 16.6. The minimum Gasteiger partial charge on any atom is -0.465 e. The summed E-state index contributed by atoms with van der Waals surface area (Å²) < 4.78 is 4.68. The number of ether oxygens (including phenoxy) is 1. The zero-order chi connectivity index (χ0) is 14.7. The topological polar surface area (TPSA) is 72.7 Å². The number of methoxy groups -OCH3 is 1. The van der Waals surface area contributed by atoms with Crippen LogP contribution in [0, 0.1) is 10.1 Å². The van der Waals surface area contributed by atoms with Gasteiger partial charge in [0.05, 0.1) is 17.6 Å². The lowest BCUT2D eigenvalue weighted by atomic mass is 10.0. The van der Waals surface area contributed by atoms with Crippen molar-refractivity contribution in [2.75, 3.05) is 18.6 Å². The van der Waals surface area contributed by atoms with Gasteiger partial charge in [0, 0.05) is 18.7 Å². The van der Waals surface area contributed by atoms with E-state index < -0.39 is 10.9 Å². The molecule has 6 heteroatoms. The monoisotopic (exact) mass is 278 g/mol. The fourth-order valence-corrected chi connectivity index (χ4v) is 2.61. The number of hydrogen-bond donors (Lipinski definition) is 0. The highest BCUT2D eigenvalue weighted by Gasteiger charge is 2.26. The van der Waals surface area contributed by atoms with Crippen LogP contribution < -0.4 is 4.90 Å². The Kier molecular flexibility index (Phi) is 4.22. The third kappa shape index (κ3) is 2.74. The first-order chi connectivity index (χ1) is 9.54. The minimum absolute atomic E-state index is 0.0337. The molecule has 0 aromatic heterocycles. The lowest BCUT2D eigenvalue weighted by Gasteiger charge is -2.35. The van der Waals surface area contributed by atoms with Crippen molar-refractivity contribution in [2.45, 2.75) is 32.2 Å². The van der Waals surface area contributed by atoms with Crippen LogP contribution in [0.5, 0.6) is 0 Å². The SMILES string of the molecule is COC(=O)c1ccc([N+](=O)[O-])c(N2CCCCC2C)c1. The summed E-state index contributed by atoms with van der Waals surface area (Å²) in [5.41, 5.74) is 0.877. The van der Waals surface area contributed by atoms with Gasteiger partial charge in [-0.25, -0.2) is 4.79 Å². The summed E-state index contributed by atoms with van der Waals surface area (Å²) in [4.78, 5) is 24.4. The van der Waals surface area contributed by atoms with Crippen LogP contribution in [0.15, 0.2) is 18.2 Å². The van der Waals surface area contributed by atoms with Crippen molar-refractivity contribution in [1.29, 1.82) is 0 Å². The molecule has 1 unspecified atom stereocenters. The Morgan fingerprint density at radius 2 is 2.20 bits per heavy atom. The highest BCUT2D eigenvalue weighted by molar-refractivity contribution is 5.91. The number of benzene rings is 1. The second kappa shape index (κ2) is 5.90. The van der Waals surface area contributed by atoms with Gasteiger partial charge >= 0.3 is 5.97 Å². The molecule has 1 aromatic carbocycles. The summed E-state index contributed by atoms with van der Waals surface area (Å²) >= 11 is 0. The summed E-state index contributed by atoms with van der Waals surface area (Å²) in [6, 6.07) is 4.60. The van der Waals surface area contributed by atoms with Crippen LogP contribution in [0.1, 0.15) is 36.5 Å². The zero-order valence-corrected chi connectivity index (χ0v) is 11.7. The van der Waals surface area contributed by atoms with E-state index in [-0.39, 0.29) is 11.7 Å². The molecular formula is C14H18N2O4. The third-order valence-corrected chi connectivity index (χ3v) is 3.71. The number of rotatable bonds is 3. The van der Waals surface area contributed by atoms with E-state index in [1.165, 1.54) is 19.2 Å². The van der Waals surface area contributed by atoms with Gasteiger partial charge in [-0.3, -0.25) is 10.1 Å². The van der Waals surface area contributed by atoms with Gasteiger partial charge in [-0.15, -0.1) is 0 Å². The summed E-state index contributed by atoms with van der Waals surface area (Å²) in [6.07, 6.45) is 3.13. The summed E-state index contributed by atoms with van der Waals surface area (Å²) in [7, 11) is 1.30. The Labute approximate surface area is 117 Å². The van der Waals surface area contributed by atoms with Gasteiger partial charge in [-0.05, 0) is 38.3 Å². The number of carbonyl (C=O) groups is 1. The predicted octanol–water partition coefficient (Wildman–Crippen LogP) is 2.76. The highest BCUT2D eigenvalue weighted by Crippen LogP contribution is 2.33. The van der Waals surface area contributed by atoms with E-state index in [9.17, 15) is 14.9 Å². The van der Waals surface area contributed by atoms with Crippen LogP contribution in [-0.4, -0.2) is 30.6 Å². The van der Waals surface area contributed by atoms with Crippen LogP contribution >= 0.6 is 0 Å². The Morgan fingerprint density at radius 1 is 1.45 bits per heavy atom. The largest absolute Gasteiger partial charge is 0.465 e. The van der Waals surface area contributed by atoms with Crippen molar-refractivity contribution >= 4 is 17.3 Å². The molecule has 0 spiro atoms. The smallest absolute Gasteiger partial charge is 0.337 e. The molecule has 0 bridgehead atoms. The average Bonchev–Trinajstić information content (AvgIpc) is 2.46. The third-order valence-electron chi connectivity index (χ3n) is 3.71. The summed E-state index contributed by atoms with van der Waals surface area (Å²) in [5.74, 6) is -0.481. The molecule has 1 heterocycles. The predicted molar refractivity (Wildman–Crippen MR) is 75.1 cm³/mol. The van der Waals surface area contributed by atoms with Crippen molar-refractivity contribution < 1.29 is 14.5 Å². The van der Waals surface area contributed by atoms with Crippen LogP contribution in [0.3, 0.4) is 0 Å². The molecule has 0 aliphatic carbocycles. The molecule has 1 saturated heterocycles. The summed E-state index contributed by atoms with van der Waals surface area (Å²) in [5, 5.41) is 11.2. The molecule has 1 aliphatic heterocycles. The first kappa shape index (κ1) is 14.3. The zero-order valence-electron chi connectivity index (χ0n) is 11.7. The molecule has 2 rings (SSSR count). The maximum atomic E-state index is 11.6. The molecule has 20 heavy (non-hydrogen) atoms. The van der Waals surface area contributed by atoms with Gasteiger partial charge in [-0.2, -0.15) is 0 Å². The molecule has 0 saturated carbocycles.